The molecule has 6 heterocycles. The van der Waals surface area contributed by atoms with Crippen LogP contribution in [0.25, 0.3) is 0 Å². The third-order valence-electron chi connectivity index (χ3n) is 17.6. The van der Waals surface area contributed by atoms with Gasteiger partial charge in [-0.05, 0) is 29.2 Å². The molecule has 5 unspecified atom stereocenters. The van der Waals surface area contributed by atoms with Crippen LogP contribution in [0.3, 0.4) is 0 Å². The number of hydrogen-bond donors (Lipinski definition) is 21. The van der Waals surface area contributed by atoms with Crippen molar-refractivity contribution in [1.82, 2.24) is 42.1 Å². The van der Waals surface area contributed by atoms with E-state index in [2.05, 4.69) is 47.2 Å². The Labute approximate surface area is 570 Å². The van der Waals surface area contributed by atoms with E-state index in [4.69, 9.17) is 44.6 Å². The molecule has 8 rings (SSSR count). The van der Waals surface area contributed by atoms with Crippen LogP contribution in [0.5, 0.6) is 5.75 Å². The zero-order valence-corrected chi connectivity index (χ0v) is 54.6. The van der Waals surface area contributed by atoms with E-state index in [-0.39, 0.29) is 36.2 Å². The fraction of sp³-hybridized carbons (Fsp3) is 0.639. The molecule has 6 amide bonds. The van der Waals surface area contributed by atoms with Crippen LogP contribution >= 0.6 is 0 Å². The standard InChI is InChI=1S/C61H88N12O27/c1-23(2)14-37(79)99-51-46(85)44(83)35(22-94-25(4)77)98-59(51)100-50-34(21-76)97-58(49(88)47(50)86)95-28-12-10-26(11-13-28)15-29-53(90)71-39(41(80)30-16-65-60(62)69-30)56(93)72-40(42(81)32-17-66-61(63)73(32)57-48(87)45(84)43(82)33(20-75)96-57)55(92)68-31(19-74)52(89)64-18-36(78)70-38(54(91)67-29)24(3)27-8-6-5-7-9-27/h5-13,23-24,29-35,38-51,57-59,74-76,80-88H,14-22H2,1-4H3,(H2,63,66)(H,64,89)(H,67,91)(H,68,92)(H,70,78)(H,71,90)(H,72,93)(H3,62,65,69)/t24?,29-,30?,31+,32?,33-,34-,35-,38+,39+,40-,41?,42?,43-,44-,45+,46+,47-,48+,49+,50-,51+,57+,58+,59-/m1/s1. The second-order valence-electron chi connectivity index (χ2n) is 25.2. The predicted molar refractivity (Wildman–Crippen MR) is 336 cm³/mol. The minimum atomic E-state index is -2.36. The van der Waals surface area contributed by atoms with Gasteiger partial charge in [-0.25, -0.2) is 0 Å². The molecule has 2 aromatic rings. The van der Waals surface area contributed by atoms with Crippen LogP contribution in [0.1, 0.15) is 51.2 Å². The average Bonchev–Trinajstić information content (AvgIpc) is 1.71. The highest BCUT2D eigenvalue weighted by Crippen LogP contribution is 2.34. The van der Waals surface area contributed by atoms with Crippen molar-refractivity contribution in [3.63, 3.8) is 0 Å². The molecule has 0 aromatic heterocycles. The number of aliphatic imine (C=N–C) groups is 2. The molecule has 2 aromatic carbocycles. The van der Waals surface area contributed by atoms with Gasteiger partial charge in [-0.3, -0.25) is 48.3 Å². The number of carbonyl (C=O) groups is 8. The number of hydrogen-bond acceptors (Lipinski definition) is 33. The van der Waals surface area contributed by atoms with Crippen molar-refractivity contribution in [2.75, 3.05) is 46.1 Å². The van der Waals surface area contributed by atoms with Crippen molar-refractivity contribution >= 4 is 59.3 Å². The molecule has 23 N–H and O–H groups in total. The minimum Gasteiger partial charge on any atom is -0.463 e. The first-order valence-corrected chi connectivity index (χ1v) is 32.1. The lowest BCUT2D eigenvalue weighted by molar-refractivity contribution is -0.353. The second-order valence-corrected chi connectivity index (χ2v) is 25.2. The van der Waals surface area contributed by atoms with E-state index in [0.717, 1.165) is 11.8 Å². The third-order valence-corrected chi connectivity index (χ3v) is 17.6. The molecule has 39 nitrogen and oxygen atoms in total. The van der Waals surface area contributed by atoms with E-state index < -0.39 is 252 Å². The van der Waals surface area contributed by atoms with E-state index in [1.54, 1.807) is 51.1 Å². The van der Waals surface area contributed by atoms with E-state index in [0.29, 0.717) is 5.56 Å². The fourth-order valence-electron chi connectivity index (χ4n) is 12.0. The molecular weight excluding hydrogens is 1330 g/mol. The van der Waals surface area contributed by atoms with Crippen LogP contribution in [-0.4, -0.2) is 318 Å². The molecule has 6 aliphatic rings. The highest BCUT2D eigenvalue weighted by Gasteiger charge is 2.55. The van der Waals surface area contributed by atoms with Crippen molar-refractivity contribution in [2.45, 2.75) is 193 Å². The first-order valence-electron chi connectivity index (χ1n) is 32.1. The van der Waals surface area contributed by atoms with Crippen LogP contribution in [-0.2, 0) is 73.2 Å². The summed E-state index contributed by atoms with van der Waals surface area (Å²) in [6.45, 7) is 0.622. The monoisotopic (exact) mass is 1420 g/mol. The number of ether oxygens (including phenoxy) is 7. The van der Waals surface area contributed by atoms with Gasteiger partial charge in [-0.2, -0.15) is 0 Å². The van der Waals surface area contributed by atoms with Gasteiger partial charge in [0.05, 0.1) is 51.5 Å². The second kappa shape index (κ2) is 34.5. The summed E-state index contributed by atoms with van der Waals surface area (Å²) in [6, 6.07) is 0.651. The van der Waals surface area contributed by atoms with E-state index in [1.165, 1.54) is 24.3 Å². The quantitative estimate of drug-likeness (QED) is 0.0516. The van der Waals surface area contributed by atoms with Gasteiger partial charge in [-0.1, -0.05) is 63.2 Å². The molecule has 4 saturated heterocycles. The number of rotatable bonds is 21. The maximum Gasteiger partial charge on any atom is 0.306 e. The number of guanidine groups is 2. The van der Waals surface area contributed by atoms with Crippen LogP contribution in [0.4, 0.5) is 0 Å². The molecule has 0 spiro atoms. The summed E-state index contributed by atoms with van der Waals surface area (Å²) in [4.78, 5) is 121. The summed E-state index contributed by atoms with van der Waals surface area (Å²) in [7, 11) is 0. The van der Waals surface area contributed by atoms with Crippen molar-refractivity contribution in [3.05, 3.63) is 65.7 Å². The number of carbonyl (C=O) groups excluding carboxylic acids is 8. The number of nitrogens with zero attached hydrogens (tertiary/aromatic N) is 3. The van der Waals surface area contributed by atoms with Gasteiger partial charge in [0.15, 0.2) is 30.5 Å². The summed E-state index contributed by atoms with van der Waals surface area (Å²) in [6.07, 6.45) is -32.3. The van der Waals surface area contributed by atoms with E-state index in [9.17, 15) is 90.0 Å². The number of amides is 6. The fourth-order valence-corrected chi connectivity index (χ4v) is 12.0. The molecule has 4 fully saturated rings. The topological polar surface area (TPSA) is 608 Å². The maximum absolute atomic E-state index is 15.2. The summed E-state index contributed by atoms with van der Waals surface area (Å²) in [5.74, 6) is -11.0. The minimum absolute atomic E-state index is 0.0985. The zero-order chi connectivity index (χ0) is 73.1. The number of nitrogens with two attached hydrogens (primary N) is 2. The zero-order valence-electron chi connectivity index (χ0n) is 54.6. The lowest BCUT2D eigenvalue weighted by Gasteiger charge is -2.46. The molecule has 554 valence electrons. The Hall–Kier alpha value is -8.10. The molecule has 0 radical (unpaired) electrons. The molecule has 39 heteroatoms. The average molecular weight is 1420 g/mol. The van der Waals surface area contributed by atoms with Crippen molar-refractivity contribution in [2.24, 2.45) is 27.4 Å². The van der Waals surface area contributed by atoms with Crippen LogP contribution in [0, 0.1) is 5.92 Å². The molecule has 100 heavy (non-hydrogen) atoms. The first-order chi connectivity index (χ1) is 47.4. The van der Waals surface area contributed by atoms with Crippen LogP contribution < -0.4 is 53.4 Å². The number of esters is 2. The molecule has 6 aliphatic heterocycles. The summed E-state index contributed by atoms with van der Waals surface area (Å²) < 4.78 is 39.8. The highest BCUT2D eigenvalue weighted by molar-refractivity contribution is 5.98. The molecule has 25 atom stereocenters. The SMILES string of the molecule is CC(=O)OC[C@H]1O[C@H](O[C@H]2[C@H](O)[C@H](O)[C@@H](Oc3ccc(C[C@H]4NC(=O)[C@H](C(C)c5ccccc5)NC(=O)CNC(=O)[C@H](CO)NC(=O)[C@@H](C(O)C5CN=C(N)N5[C@H]5O[C@H](CO)[C@@H](O)[C@H](O)[C@@H]5O)NC(=O)[C@H](C(O)C5CN=C(N)N5)NC4=O)cc3)O[C@@H]2CO)[C@@H](OC(=O)CC(C)C)[C@@H](O)[C@@H]1O. The predicted octanol–water partition coefficient (Wildman–Crippen LogP) is -11.4. The van der Waals surface area contributed by atoms with Gasteiger partial charge in [-0.15, -0.1) is 0 Å². The summed E-state index contributed by atoms with van der Waals surface area (Å²) >= 11 is 0. The summed E-state index contributed by atoms with van der Waals surface area (Å²) in [5, 5.41) is 150. The summed E-state index contributed by atoms with van der Waals surface area (Å²) in [5.41, 5.74) is 12.8. The smallest absolute Gasteiger partial charge is 0.306 e. The van der Waals surface area contributed by atoms with E-state index >= 15 is 9.59 Å². The molecule has 0 aliphatic carbocycles. The number of benzene rings is 2. The number of nitrogens with one attached hydrogen (secondary N) is 7. The Morgan fingerprint density at radius 3 is 1.86 bits per heavy atom. The molecule has 0 saturated carbocycles. The number of aliphatic hydroxyl groups is 12. The number of aliphatic hydroxyl groups excluding tert-OH is 12. The van der Waals surface area contributed by atoms with Gasteiger partial charge in [0, 0.05) is 25.7 Å². The van der Waals surface area contributed by atoms with E-state index in [1.807, 2.05) is 0 Å². The van der Waals surface area contributed by atoms with Crippen molar-refractivity contribution < 1.29 is 133 Å². The first kappa shape index (κ1) is 77.6. The normalized spacial score (nSPS) is 35.1. The van der Waals surface area contributed by atoms with Crippen molar-refractivity contribution in [3.8, 4) is 5.75 Å². The molecular formula is C61H88N12O27. The maximum atomic E-state index is 15.2. The van der Waals surface area contributed by atoms with Gasteiger partial charge < -0.3 is 148 Å². The Morgan fingerprint density at radius 1 is 0.620 bits per heavy atom. The van der Waals surface area contributed by atoms with Crippen LogP contribution in [0.2, 0.25) is 0 Å². The Morgan fingerprint density at radius 2 is 1.23 bits per heavy atom. The third kappa shape index (κ3) is 18.5. The Kier molecular flexibility index (Phi) is 26.8. The Balaban J connectivity index is 1.09. The van der Waals surface area contributed by atoms with Crippen LogP contribution in [0.15, 0.2) is 64.6 Å². The lowest BCUT2D eigenvalue weighted by Crippen LogP contribution is -2.70. The van der Waals surface area contributed by atoms with Crippen molar-refractivity contribution in [1.29, 1.82) is 0 Å². The van der Waals surface area contributed by atoms with Gasteiger partial charge in [0.2, 0.25) is 41.7 Å². The molecule has 0 bridgehead atoms. The van der Waals surface area contributed by atoms with Gasteiger partial charge >= 0.3 is 11.9 Å². The van der Waals surface area contributed by atoms with Gasteiger partial charge in [0.25, 0.3) is 0 Å². The lowest BCUT2D eigenvalue weighted by atomic mass is 9.92. The largest absolute Gasteiger partial charge is 0.463 e. The van der Waals surface area contributed by atoms with Gasteiger partial charge in [0.1, 0.15) is 122 Å². The Bertz CT molecular complexity index is 3230. The highest BCUT2D eigenvalue weighted by atomic mass is 16.8.